The Morgan fingerprint density at radius 3 is 2.54 bits per heavy atom. The second-order valence-electron chi connectivity index (χ2n) is 7.37. The smallest absolute Gasteiger partial charge is 0.410 e. The molecule has 148 valence electrons. The lowest BCUT2D eigenvalue weighted by molar-refractivity contribution is -0.137. The molecule has 8 nitrogen and oxygen atoms in total. The van der Waals surface area contributed by atoms with Crippen molar-refractivity contribution in [3.63, 3.8) is 0 Å². The van der Waals surface area contributed by atoms with Gasteiger partial charge in [-0.25, -0.2) is 9.78 Å². The Labute approximate surface area is 164 Å². The topological polar surface area (TPSA) is 108 Å². The van der Waals surface area contributed by atoms with Crippen molar-refractivity contribution in [1.82, 2.24) is 14.5 Å². The van der Waals surface area contributed by atoms with E-state index in [4.69, 9.17) is 15.1 Å². The van der Waals surface area contributed by atoms with E-state index in [0.29, 0.717) is 12.1 Å². The quantitative estimate of drug-likeness (QED) is 0.786. The summed E-state index contributed by atoms with van der Waals surface area (Å²) in [5.74, 6) is -0.986. The second-order valence-corrected chi connectivity index (χ2v) is 7.37. The Kier molecular flexibility index (Phi) is 6.77. The lowest BCUT2D eigenvalue weighted by Gasteiger charge is -2.27. The first-order valence-electron chi connectivity index (χ1n) is 8.85. The standard InChI is InChI=1S/C20H24N4O4/c1-20(2,3)28-19(27)23(9-8-18(25)26)13-17-11-22-14-24(17)12-16-6-4-15(10-21)5-7-16/h4-7,11,14H,8-9,12-13H2,1-3H3,(H,25,26). The van der Waals surface area contributed by atoms with Gasteiger partial charge in [0, 0.05) is 19.3 Å². The first kappa shape index (κ1) is 21.0. The molecule has 0 bridgehead atoms. The number of nitrogens with zero attached hydrogens (tertiary/aromatic N) is 4. The third kappa shape index (κ3) is 6.43. The molecule has 1 aromatic carbocycles. The van der Waals surface area contributed by atoms with Crippen LogP contribution in [0.5, 0.6) is 0 Å². The summed E-state index contributed by atoms with van der Waals surface area (Å²) in [6.45, 7) is 6.01. The van der Waals surface area contributed by atoms with Crippen LogP contribution in [0.4, 0.5) is 4.79 Å². The molecule has 0 radical (unpaired) electrons. The molecule has 8 heteroatoms. The number of aromatic nitrogens is 2. The number of aliphatic carboxylic acids is 1. The van der Waals surface area contributed by atoms with E-state index in [0.717, 1.165) is 11.3 Å². The van der Waals surface area contributed by atoms with Crippen molar-refractivity contribution in [3.05, 3.63) is 53.6 Å². The van der Waals surface area contributed by atoms with E-state index in [9.17, 15) is 9.59 Å². The number of imidazole rings is 1. The van der Waals surface area contributed by atoms with Gasteiger partial charge in [0.2, 0.25) is 0 Å². The van der Waals surface area contributed by atoms with Crippen LogP contribution in [0, 0.1) is 11.3 Å². The largest absolute Gasteiger partial charge is 0.481 e. The molecule has 1 heterocycles. The van der Waals surface area contributed by atoms with E-state index >= 15 is 0 Å². The summed E-state index contributed by atoms with van der Waals surface area (Å²) in [7, 11) is 0. The highest BCUT2D eigenvalue weighted by atomic mass is 16.6. The molecule has 0 unspecified atom stereocenters. The van der Waals surface area contributed by atoms with Gasteiger partial charge >= 0.3 is 12.1 Å². The Hall–Kier alpha value is -3.34. The number of nitriles is 1. The van der Waals surface area contributed by atoms with Gasteiger partial charge in [0.05, 0.1) is 36.6 Å². The lowest BCUT2D eigenvalue weighted by Crippen LogP contribution is -2.38. The summed E-state index contributed by atoms with van der Waals surface area (Å²) >= 11 is 0. The first-order chi connectivity index (χ1) is 13.2. The van der Waals surface area contributed by atoms with Crippen molar-refractivity contribution < 1.29 is 19.4 Å². The van der Waals surface area contributed by atoms with Crippen LogP contribution >= 0.6 is 0 Å². The van der Waals surface area contributed by atoms with Crippen molar-refractivity contribution in [3.8, 4) is 6.07 Å². The predicted octanol–water partition coefficient (Wildman–Crippen LogP) is 3.01. The summed E-state index contributed by atoms with van der Waals surface area (Å²) in [6.07, 6.45) is 2.54. The van der Waals surface area contributed by atoms with Crippen LogP contribution in [0.3, 0.4) is 0 Å². The van der Waals surface area contributed by atoms with Crippen LogP contribution in [0.15, 0.2) is 36.8 Å². The zero-order chi connectivity index (χ0) is 20.7. The van der Waals surface area contributed by atoms with Gasteiger partial charge in [-0.1, -0.05) is 12.1 Å². The number of amides is 1. The number of carbonyl (C=O) groups is 2. The summed E-state index contributed by atoms with van der Waals surface area (Å²) in [5, 5.41) is 17.9. The normalized spacial score (nSPS) is 10.9. The maximum absolute atomic E-state index is 12.5. The zero-order valence-corrected chi connectivity index (χ0v) is 16.3. The van der Waals surface area contributed by atoms with Crippen molar-refractivity contribution in [2.75, 3.05) is 6.54 Å². The first-order valence-corrected chi connectivity index (χ1v) is 8.85. The van der Waals surface area contributed by atoms with Gasteiger partial charge in [-0.3, -0.25) is 4.79 Å². The molecule has 0 saturated carbocycles. The van der Waals surface area contributed by atoms with Crippen LogP contribution in [0.2, 0.25) is 0 Å². The van der Waals surface area contributed by atoms with Crippen LogP contribution in [-0.4, -0.2) is 43.8 Å². The predicted molar refractivity (Wildman–Crippen MR) is 101 cm³/mol. The van der Waals surface area contributed by atoms with Crippen LogP contribution in [0.1, 0.15) is 44.0 Å². The number of carbonyl (C=O) groups excluding carboxylic acids is 1. The number of benzene rings is 1. The molecule has 0 spiro atoms. The van der Waals surface area contributed by atoms with Crippen molar-refractivity contribution in [2.45, 2.75) is 45.9 Å². The zero-order valence-electron chi connectivity index (χ0n) is 16.3. The molecular formula is C20H24N4O4. The Bertz CT molecular complexity index is 860. The third-order valence-electron chi connectivity index (χ3n) is 3.83. The monoisotopic (exact) mass is 384 g/mol. The third-order valence-corrected chi connectivity index (χ3v) is 3.83. The molecule has 0 aliphatic carbocycles. The molecule has 0 saturated heterocycles. The van der Waals surface area contributed by atoms with Crippen LogP contribution in [-0.2, 0) is 22.6 Å². The van der Waals surface area contributed by atoms with Gasteiger partial charge in [0.1, 0.15) is 5.60 Å². The van der Waals surface area contributed by atoms with Gasteiger partial charge in [0.25, 0.3) is 0 Å². The molecule has 2 rings (SSSR count). The average Bonchev–Trinajstić information content (AvgIpc) is 3.04. The summed E-state index contributed by atoms with van der Waals surface area (Å²) < 4.78 is 7.27. The van der Waals surface area contributed by atoms with Gasteiger partial charge in [-0.2, -0.15) is 5.26 Å². The molecule has 0 aliphatic heterocycles. The SMILES string of the molecule is CC(C)(C)OC(=O)N(CCC(=O)O)Cc1cncn1Cc1ccc(C#N)cc1. The van der Waals surface area contributed by atoms with E-state index in [1.165, 1.54) is 4.90 Å². The van der Waals surface area contributed by atoms with E-state index in [1.807, 2.05) is 16.7 Å². The van der Waals surface area contributed by atoms with Gasteiger partial charge in [0.15, 0.2) is 0 Å². The number of hydrogen-bond acceptors (Lipinski definition) is 5. The summed E-state index contributed by atoms with van der Waals surface area (Å²) in [4.78, 5) is 29.0. The molecule has 28 heavy (non-hydrogen) atoms. The van der Waals surface area contributed by atoms with E-state index in [-0.39, 0.29) is 19.5 Å². The van der Waals surface area contributed by atoms with Crippen molar-refractivity contribution in [1.29, 1.82) is 5.26 Å². The second kappa shape index (κ2) is 9.04. The maximum atomic E-state index is 12.5. The number of hydrogen-bond donors (Lipinski definition) is 1. The molecule has 1 amide bonds. The molecule has 0 fully saturated rings. The van der Waals surface area contributed by atoms with Gasteiger partial charge in [-0.05, 0) is 38.5 Å². The minimum atomic E-state index is -0.986. The van der Waals surface area contributed by atoms with Gasteiger partial charge < -0.3 is 19.3 Å². The number of rotatable bonds is 7. The average molecular weight is 384 g/mol. The molecule has 0 atom stereocenters. The maximum Gasteiger partial charge on any atom is 0.410 e. The highest BCUT2D eigenvalue weighted by Gasteiger charge is 2.23. The fourth-order valence-electron chi connectivity index (χ4n) is 2.49. The number of ether oxygens (including phenoxy) is 1. The van der Waals surface area contributed by atoms with Crippen LogP contribution in [0.25, 0.3) is 0 Å². The highest BCUT2D eigenvalue weighted by molar-refractivity contribution is 5.70. The van der Waals surface area contributed by atoms with Crippen LogP contribution < -0.4 is 0 Å². The minimum Gasteiger partial charge on any atom is -0.481 e. The minimum absolute atomic E-state index is 0.0340. The Morgan fingerprint density at radius 1 is 1.29 bits per heavy atom. The Balaban J connectivity index is 2.15. The summed E-state index contributed by atoms with van der Waals surface area (Å²) in [5.41, 5.74) is 1.63. The fraction of sp³-hybridized carbons (Fsp3) is 0.400. The number of carboxylic acid groups (broad SMARTS) is 1. The fourth-order valence-corrected chi connectivity index (χ4v) is 2.49. The van der Waals surface area contributed by atoms with Gasteiger partial charge in [-0.15, -0.1) is 0 Å². The molecule has 1 N–H and O–H groups in total. The Morgan fingerprint density at radius 2 is 1.96 bits per heavy atom. The van der Waals surface area contributed by atoms with E-state index < -0.39 is 17.7 Å². The number of carboxylic acids is 1. The molecule has 0 aliphatic rings. The lowest BCUT2D eigenvalue weighted by atomic mass is 10.1. The molecular weight excluding hydrogens is 360 g/mol. The summed E-state index contributed by atoms with van der Waals surface area (Å²) in [6, 6.07) is 9.28. The van der Waals surface area contributed by atoms with E-state index in [1.54, 1.807) is 45.4 Å². The van der Waals surface area contributed by atoms with Crippen molar-refractivity contribution in [2.24, 2.45) is 0 Å². The highest BCUT2D eigenvalue weighted by Crippen LogP contribution is 2.14. The molecule has 2 aromatic rings. The van der Waals surface area contributed by atoms with Crippen molar-refractivity contribution >= 4 is 12.1 Å². The van der Waals surface area contributed by atoms with E-state index in [2.05, 4.69) is 11.1 Å². The molecule has 1 aromatic heterocycles.